The SMILES string of the molecule is C=CC(=C)NC1CCCN(C(C)(C)C)C1. The van der Waals surface area contributed by atoms with Crippen molar-refractivity contribution in [2.45, 2.75) is 45.2 Å². The van der Waals surface area contributed by atoms with Gasteiger partial charge in [-0.05, 0) is 46.2 Å². The van der Waals surface area contributed by atoms with Crippen molar-refractivity contribution in [3.05, 3.63) is 24.9 Å². The first kappa shape index (κ1) is 12.3. The molecular weight excluding hydrogens is 184 g/mol. The summed E-state index contributed by atoms with van der Waals surface area (Å²) in [7, 11) is 0. The summed E-state index contributed by atoms with van der Waals surface area (Å²) >= 11 is 0. The van der Waals surface area contributed by atoms with Crippen LogP contribution < -0.4 is 5.32 Å². The van der Waals surface area contributed by atoms with E-state index in [0.717, 1.165) is 12.2 Å². The minimum absolute atomic E-state index is 0.274. The Balaban J connectivity index is 2.49. The van der Waals surface area contributed by atoms with Gasteiger partial charge in [-0.15, -0.1) is 0 Å². The van der Waals surface area contributed by atoms with Gasteiger partial charge in [0.25, 0.3) is 0 Å². The summed E-state index contributed by atoms with van der Waals surface area (Å²) in [5.74, 6) is 0. The average molecular weight is 208 g/mol. The van der Waals surface area contributed by atoms with Gasteiger partial charge in [0, 0.05) is 23.8 Å². The standard InChI is InChI=1S/C13H24N2/c1-6-11(2)14-12-8-7-9-15(10-12)13(3,4)5/h6,12,14H,1-2,7-10H2,3-5H3. The maximum absolute atomic E-state index is 3.91. The van der Waals surface area contributed by atoms with Gasteiger partial charge >= 0.3 is 0 Å². The molecule has 0 bridgehead atoms. The molecule has 1 unspecified atom stereocenters. The van der Waals surface area contributed by atoms with E-state index in [9.17, 15) is 0 Å². The number of likely N-dealkylation sites (tertiary alicyclic amines) is 1. The smallest absolute Gasteiger partial charge is 0.0388 e. The highest BCUT2D eigenvalue weighted by Crippen LogP contribution is 2.20. The van der Waals surface area contributed by atoms with E-state index < -0.39 is 0 Å². The van der Waals surface area contributed by atoms with Crippen LogP contribution in [0, 0.1) is 0 Å². The third kappa shape index (κ3) is 3.71. The van der Waals surface area contributed by atoms with Crippen molar-refractivity contribution >= 4 is 0 Å². The number of nitrogens with zero attached hydrogens (tertiary/aromatic N) is 1. The molecule has 1 N–H and O–H groups in total. The Morgan fingerprint density at radius 2 is 2.13 bits per heavy atom. The first-order chi connectivity index (χ1) is 6.93. The summed E-state index contributed by atoms with van der Waals surface area (Å²) in [5.41, 5.74) is 1.21. The van der Waals surface area contributed by atoms with Gasteiger partial charge in [-0.2, -0.15) is 0 Å². The number of allylic oxidation sites excluding steroid dienone is 1. The third-order valence-electron chi connectivity index (χ3n) is 3.01. The van der Waals surface area contributed by atoms with Crippen LogP contribution in [0.4, 0.5) is 0 Å². The lowest BCUT2D eigenvalue weighted by Crippen LogP contribution is -2.52. The van der Waals surface area contributed by atoms with Gasteiger partial charge < -0.3 is 5.32 Å². The Kier molecular flexibility index (Phi) is 3.97. The van der Waals surface area contributed by atoms with Crippen LogP contribution in [-0.4, -0.2) is 29.6 Å². The van der Waals surface area contributed by atoms with Gasteiger partial charge in [0.05, 0.1) is 0 Å². The summed E-state index contributed by atoms with van der Waals surface area (Å²) < 4.78 is 0. The van der Waals surface area contributed by atoms with E-state index in [1.54, 1.807) is 6.08 Å². The molecule has 0 aromatic carbocycles. The monoisotopic (exact) mass is 208 g/mol. The summed E-state index contributed by atoms with van der Waals surface area (Å²) in [6.07, 6.45) is 4.29. The van der Waals surface area contributed by atoms with Crippen LogP contribution in [0.3, 0.4) is 0 Å². The summed E-state index contributed by atoms with van der Waals surface area (Å²) in [6, 6.07) is 0.531. The average Bonchev–Trinajstić information content (AvgIpc) is 2.17. The molecule has 0 aliphatic carbocycles. The van der Waals surface area contributed by atoms with Crippen LogP contribution in [0.1, 0.15) is 33.6 Å². The second-order valence-electron chi connectivity index (χ2n) is 5.33. The lowest BCUT2D eigenvalue weighted by Gasteiger charge is -2.42. The molecule has 2 heteroatoms. The molecule has 0 aromatic heterocycles. The molecule has 0 radical (unpaired) electrons. The molecule has 86 valence electrons. The number of hydrogen-bond acceptors (Lipinski definition) is 2. The summed E-state index contributed by atoms with van der Waals surface area (Å²) in [5, 5.41) is 3.42. The molecule has 0 amide bonds. The first-order valence-corrected chi connectivity index (χ1v) is 5.76. The van der Waals surface area contributed by atoms with E-state index >= 15 is 0 Å². The van der Waals surface area contributed by atoms with Crippen molar-refractivity contribution < 1.29 is 0 Å². The van der Waals surface area contributed by atoms with Gasteiger partial charge in [-0.25, -0.2) is 0 Å². The Morgan fingerprint density at radius 1 is 1.47 bits per heavy atom. The molecule has 0 aromatic rings. The van der Waals surface area contributed by atoms with Crippen molar-refractivity contribution in [1.29, 1.82) is 0 Å². The zero-order valence-electron chi connectivity index (χ0n) is 10.3. The zero-order chi connectivity index (χ0) is 11.5. The topological polar surface area (TPSA) is 15.3 Å². The lowest BCUT2D eigenvalue weighted by atomic mass is 9.98. The molecule has 1 aliphatic rings. The van der Waals surface area contributed by atoms with E-state index in [4.69, 9.17) is 0 Å². The summed E-state index contributed by atoms with van der Waals surface area (Å²) in [4.78, 5) is 2.53. The molecule has 1 aliphatic heterocycles. The Labute approximate surface area is 94.0 Å². The van der Waals surface area contributed by atoms with E-state index in [0.29, 0.717) is 6.04 Å². The van der Waals surface area contributed by atoms with Crippen LogP contribution in [0.15, 0.2) is 24.9 Å². The van der Waals surface area contributed by atoms with Gasteiger partial charge in [0.2, 0.25) is 0 Å². The predicted octanol–water partition coefficient (Wildman–Crippen LogP) is 2.54. The number of rotatable bonds is 3. The zero-order valence-corrected chi connectivity index (χ0v) is 10.3. The Morgan fingerprint density at radius 3 is 2.67 bits per heavy atom. The highest BCUT2D eigenvalue weighted by Gasteiger charge is 2.27. The molecule has 1 saturated heterocycles. The highest BCUT2D eigenvalue weighted by atomic mass is 15.2. The summed E-state index contributed by atoms with van der Waals surface area (Å²) in [6.45, 7) is 16.8. The molecule has 1 rings (SSSR count). The molecule has 1 heterocycles. The van der Waals surface area contributed by atoms with Gasteiger partial charge in [0.15, 0.2) is 0 Å². The fourth-order valence-electron chi connectivity index (χ4n) is 2.03. The van der Waals surface area contributed by atoms with Gasteiger partial charge in [-0.3, -0.25) is 4.90 Å². The fraction of sp³-hybridized carbons (Fsp3) is 0.692. The van der Waals surface area contributed by atoms with E-state index in [1.807, 2.05) is 0 Å². The first-order valence-electron chi connectivity index (χ1n) is 5.76. The molecule has 2 nitrogen and oxygen atoms in total. The largest absolute Gasteiger partial charge is 0.382 e. The Hall–Kier alpha value is -0.760. The molecule has 15 heavy (non-hydrogen) atoms. The van der Waals surface area contributed by atoms with Gasteiger partial charge in [0.1, 0.15) is 0 Å². The highest BCUT2D eigenvalue weighted by molar-refractivity contribution is 5.10. The van der Waals surface area contributed by atoms with E-state index in [2.05, 4.69) is 44.1 Å². The molecule has 0 saturated carbocycles. The molecule has 1 fully saturated rings. The third-order valence-corrected chi connectivity index (χ3v) is 3.01. The lowest BCUT2D eigenvalue weighted by molar-refractivity contribution is 0.0936. The van der Waals surface area contributed by atoms with E-state index in [-0.39, 0.29) is 5.54 Å². The van der Waals surface area contributed by atoms with Crippen molar-refractivity contribution in [3.8, 4) is 0 Å². The van der Waals surface area contributed by atoms with E-state index in [1.165, 1.54) is 19.4 Å². The second kappa shape index (κ2) is 4.84. The number of piperidine rings is 1. The van der Waals surface area contributed by atoms with Crippen LogP contribution in [0.25, 0.3) is 0 Å². The van der Waals surface area contributed by atoms with Crippen molar-refractivity contribution in [2.24, 2.45) is 0 Å². The van der Waals surface area contributed by atoms with Crippen molar-refractivity contribution in [1.82, 2.24) is 10.2 Å². The van der Waals surface area contributed by atoms with Crippen LogP contribution >= 0.6 is 0 Å². The maximum Gasteiger partial charge on any atom is 0.0388 e. The van der Waals surface area contributed by atoms with Gasteiger partial charge in [-0.1, -0.05) is 13.2 Å². The molecular formula is C13H24N2. The van der Waals surface area contributed by atoms with Crippen LogP contribution in [-0.2, 0) is 0 Å². The normalized spacial score (nSPS) is 23.5. The minimum atomic E-state index is 0.274. The maximum atomic E-state index is 3.91. The number of nitrogens with one attached hydrogen (secondary N) is 1. The predicted molar refractivity (Wildman–Crippen MR) is 66.8 cm³/mol. The second-order valence-corrected chi connectivity index (χ2v) is 5.33. The van der Waals surface area contributed by atoms with Crippen molar-refractivity contribution in [3.63, 3.8) is 0 Å². The van der Waals surface area contributed by atoms with Crippen molar-refractivity contribution in [2.75, 3.05) is 13.1 Å². The minimum Gasteiger partial charge on any atom is -0.382 e. The fourth-order valence-corrected chi connectivity index (χ4v) is 2.03. The number of hydrogen-bond donors (Lipinski definition) is 1. The quantitative estimate of drug-likeness (QED) is 0.717. The molecule has 1 atom stereocenters. The Bertz CT molecular complexity index is 237. The van der Waals surface area contributed by atoms with Crippen LogP contribution in [0.5, 0.6) is 0 Å². The van der Waals surface area contributed by atoms with Crippen LogP contribution in [0.2, 0.25) is 0 Å². The molecule has 0 spiro atoms.